The van der Waals surface area contributed by atoms with Gasteiger partial charge in [0.2, 0.25) is 0 Å². The number of nitrogens with one attached hydrogen (secondary N) is 2. The summed E-state index contributed by atoms with van der Waals surface area (Å²) in [7, 11) is 1.54. The molecule has 0 aliphatic carbocycles. The maximum Gasteiger partial charge on any atom is 0.276 e. The minimum Gasteiger partial charge on any atom is -0.353 e. The Morgan fingerprint density at radius 2 is 2.32 bits per heavy atom. The van der Waals surface area contributed by atoms with Gasteiger partial charge in [-0.25, -0.2) is 4.99 Å². The van der Waals surface area contributed by atoms with Crippen molar-refractivity contribution in [3.8, 4) is 0 Å². The van der Waals surface area contributed by atoms with Crippen LogP contribution in [0.25, 0.3) is 0 Å². The lowest BCUT2D eigenvalue weighted by Gasteiger charge is -2.22. The van der Waals surface area contributed by atoms with Gasteiger partial charge in [-0.2, -0.15) is 0 Å². The Kier molecular flexibility index (Phi) is 4.98. The number of nitro groups is 1. The second-order valence-electron chi connectivity index (χ2n) is 5.24. The zero-order valence-electron chi connectivity index (χ0n) is 13.4. The first-order chi connectivity index (χ1) is 12.1. The average molecular weight is 360 g/mol. The molecule has 0 atom stereocenters. The second-order valence-corrected chi connectivity index (χ2v) is 6.07. The monoisotopic (exact) mass is 360 g/mol. The molecule has 2 aliphatic heterocycles. The van der Waals surface area contributed by atoms with E-state index in [1.165, 1.54) is 6.07 Å². The van der Waals surface area contributed by atoms with E-state index in [1.54, 1.807) is 30.9 Å². The van der Waals surface area contributed by atoms with Gasteiger partial charge in [0.15, 0.2) is 5.04 Å². The number of thioether (sulfide) groups is 1. The summed E-state index contributed by atoms with van der Waals surface area (Å²) in [5, 5.41) is 16.9. The van der Waals surface area contributed by atoms with Crippen LogP contribution in [0, 0.1) is 10.1 Å². The highest BCUT2D eigenvalue weighted by molar-refractivity contribution is 8.26. The summed E-state index contributed by atoms with van der Waals surface area (Å²) in [5.41, 5.74) is 3.44. The van der Waals surface area contributed by atoms with Crippen LogP contribution in [-0.4, -0.2) is 41.7 Å². The molecule has 0 saturated carbocycles. The van der Waals surface area contributed by atoms with E-state index in [2.05, 4.69) is 20.6 Å². The van der Waals surface area contributed by atoms with E-state index in [4.69, 9.17) is 0 Å². The van der Waals surface area contributed by atoms with E-state index in [9.17, 15) is 14.9 Å². The second kappa shape index (κ2) is 7.34. The molecule has 1 aromatic rings. The Labute approximate surface area is 148 Å². The molecule has 130 valence electrons. The summed E-state index contributed by atoms with van der Waals surface area (Å²) >= 11 is 1.15. The summed E-state index contributed by atoms with van der Waals surface area (Å²) in [5.74, 6) is 0.403. The normalized spacial score (nSPS) is 20.0. The predicted molar refractivity (Wildman–Crippen MR) is 97.8 cm³/mol. The van der Waals surface area contributed by atoms with Gasteiger partial charge in [0.25, 0.3) is 11.6 Å². The number of carbonyl (C=O) groups is 1. The first-order valence-corrected chi connectivity index (χ1v) is 8.42. The molecule has 0 aromatic heterocycles. The first-order valence-electron chi connectivity index (χ1n) is 7.54. The zero-order chi connectivity index (χ0) is 17.8. The van der Waals surface area contributed by atoms with E-state index in [0.29, 0.717) is 25.5 Å². The molecule has 0 fully saturated rings. The number of carbonyl (C=O) groups excluding carboxylic acids is 1. The molecular weight excluding hydrogens is 344 g/mol. The zero-order valence-corrected chi connectivity index (χ0v) is 14.2. The molecule has 0 saturated heterocycles. The highest BCUT2D eigenvalue weighted by Gasteiger charge is 2.24. The van der Waals surface area contributed by atoms with Crippen molar-refractivity contribution in [3.05, 3.63) is 45.9 Å². The third kappa shape index (κ3) is 3.63. The molecule has 2 heterocycles. The van der Waals surface area contributed by atoms with Gasteiger partial charge in [0, 0.05) is 31.4 Å². The van der Waals surface area contributed by atoms with E-state index < -0.39 is 4.92 Å². The predicted octanol–water partition coefficient (Wildman–Crippen LogP) is 1.22. The lowest BCUT2D eigenvalue weighted by atomic mass is 10.1. The van der Waals surface area contributed by atoms with Gasteiger partial charge >= 0.3 is 0 Å². The Morgan fingerprint density at radius 3 is 3.08 bits per heavy atom. The van der Waals surface area contributed by atoms with Crippen molar-refractivity contribution in [1.82, 2.24) is 10.6 Å². The number of benzene rings is 1. The molecule has 2 aliphatic rings. The molecule has 10 heteroatoms. The van der Waals surface area contributed by atoms with Crippen molar-refractivity contribution in [2.45, 2.75) is 6.42 Å². The molecule has 1 aromatic carbocycles. The quantitative estimate of drug-likeness (QED) is 0.619. The van der Waals surface area contributed by atoms with Gasteiger partial charge in [0.1, 0.15) is 12.5 Å². The van der Waals surface area contributed by atoms with Crippen LogP contribution < -0.4 is 15.5 Å². The van der Waals surface area contributed by atoms with Crippen LogP contribution in [0.5, 0.6) is 0 Å². The highest BCUT2D eigenvalue weighted by Crippen LogP contribution is 2.33. The van der Waals surface area contributed by atoms with Crippen molar-refractivity contribution in [1.29, 1.82) is 0 Å². The van der Waals surface area contributed by atoms with Crippen molar-refractivity contribution >= 4 is 39.6 Å². The minimum absolute atomic E-state index is 0.0814. The lowest BCUT2D eigenvalue weighted by Crippen LogP contribution is -2.30. The van der Waals surface area contributed by atoms with Crippen LogP contribution >= 0.6 is 11.8 Å². The van der Waals surface area contributed by atoms with E-state index in [1.807, 2.05) is 4.90 Å². The molecule has 0 unspecified atom stereocenters. The van der Waals surface area contributed by atoms with Crippen molar-refractivity contribution in [2.75, 3.05) is 25.2 Å². The molecule has 0 spiro atoms. The summed E-state index contributed by atoms with van der Waals surface area (Å²) < 4.78 is 0. The number of hydrogen-bond donors (Lipinski definition) is 2. The van der Waals surface area contributed by atoms with Crippen molar-refractivity contribution in [2.24, 2.45) is 9.98 Å². The van der Waals surface area contributed by atoms with Crippen LogP contribution in [0.15, 0.2) is 40.2 Å². The van der Waals surface area contributed by atoms with Crippen LogP contribution in [0.4, 0.5) is 11.4 Å². The van der Waals surface area contributed by atoms with Gasteiger partial charge in [-0.1, -0.05) is 11.8 Å². The molecule has 3 rings (SSSR count). The molecule has 0 bridgehead atoms. The third-order valence-electron chi connectivity index (χ3n) is 3.78. The lowest BCUT2D eigenvalue weighted by molar-refractivity contribution is -0.384. The fraction of sp³-hybridized carbons (Fsp3) is 0.267. The highest BCUT2D eigenvalue weighted by atomic mass is 32.2. The third-order valence-corrected chi connectivity index (χ3v) is 4.54. The number of fused-ring (bicyclic) bond motifs is 1. The smallest absolute Gasteiger partial charge is 0.276 e. The topological polar surface area (TPSA) is 112 Å². The molecule has 25 heavy (non-hydrogen) atoms. The molecule has 2 N–H and O–H groups in total. The van der Waals surface area contributed by atoms with Gasteiger partial charge in [-0.3, -0.25) is 19.9 Å². The summed E-state index contributed by atoms with van der Waals surface area (Å²) in [4.78, 5) is 32.8. The number of aliphatic imine (C=N–C) groups is 2. The summed E-state index contributed by atoms with van der Waals surface area (Å²) in [6, 6.07) is 4.81. The fourth-order valence-electron chi connectivity index (χ4n) is 2.58. The van der Waals surface area contributed by atoms with Gasteiger partial charge in [-0.05, 0) is 18.1 Å². The summed E-state index contributed by atoms with van der Waals surface area (Å²) in [6.45, 7) is 1.01. The average Bonchev–Trinajstić information content (AvgIpc) is 3.07. The number of non-ortho nitro benzene ring substituents is 1. The van der Waals surface area contributed by atoms with Crippen LogP contribution in [0.1, 0.15) is 5.56 Å². The fourth-order valence-corrected chi connectivity index (χ4v) is 3.15. The standard InChI is InChI=1S/C15H16N6O3S/c1-16-14(22)15-18-7-13(19-8-17-9-25-15)20-5-4-10-6-11(21(23)24)2-3-12(10)20/h2-3,6-7,9,19H,4-5,8H2,1H3,(H,16,22)/b13-7-,17-9+,18-15?. The van der Waals surface area contributed by atoms with E-state index in [-0.39, 0.29) is 16.6 Å². The Balaban J connectivity index is 1.92. The Hall–Kier alpha value is -2.88. The van der Waals surface area contributed by atoms with Gasteiger partial charge in [0.05, 0.1) is 16.7 Å². The molecule has 0 radical (unpaired) electrons. The van der Waals surface area contributed by atoms with E-state index >= 15 is 0 Å². The van der Waals surface area contributed by atoms with Crippen molar-refractivity contribution in [3.63, 3.8) is 0 Å². The van der Waals surface area contributed by atoms with Gasteiger partial charge < -0.3 is 15.5 Å². The Bertz CT molecular complexity index is 804. The Morgan fingerprint density at radius 1 is 1.48 bits per heavy atom. The minimum atomic E-state index is -0.397. The molecule has 1 amide bonds. The molecule has 9 nitrogen and oxygen atoms in total. The first kappa shape index (κ1) is 17.0. The number of nitro benzene ring substituents is 1. The van der Waals surface area contributed by atoms with Crippen LogP contribution in [0.2, 0.25) is 0 Å². The van der Waals surface area contributed by atoms with Crippen LogP contribution in [-0.2, 0) is 11.2 Å². The summed E-state index contributed by atoms with van der Waals surface area (Å²) in [6.07, 6.45) is 2.28. The number of hydrogen-bond acceptors (Lipinski definition) is 8. The number of nitrogens with zero attached hydrogens (tertiary/aromatic N) is 4. The van der Waals surface area contributed by atoms with Crippen molar-refractivity contribution < 1.29 is 9.72 Å². The van der Waals surface area contributed by atoms with E-state index in [0.717, 1.165) is 23.0 Å². The number of anilines is 1. The number of amides is 1. The largest absolute Gasteiger partial charge is 0.353 e. The SMILES string of the molecule is CNC(=O)C1=N/C=C(\N2CCc3cc([N+](=O)[O-])ccc32)NC/N=C/S1. The van der Waals surface area contributed by atoms with Gasteiger partial charge in [-0.15, -0.1) is 0 Å². The maximum atomic E-state index is 11.8. The number of rotatable bonds is 3. The maximum absolute atomic E-state index is 11.8. The molecular formula is C15H16N6O3S. The van der Waals surface area contributed by atoms with Crippen LogP contribution in [0.3, 0.4) is 0 Å².